The van der Waals surface area contributed by atoms with Crippen molar-refractivity contribution in [2.75, 3.05) is 11.9 Å². The number of hydrogen-bond donors (Lipinski definition) is 3. The van der Waals surface area contributed by atoms with Gasteiger partial charge in [-0.2, -0.15) is 0 Å². The van der Waals surface area contributed by atoms with Gasteiger partial charge in [-0.25, -0.2) is 0 Å². The number of aryl methyl sites for hydroxylation is 2. The topological polar surface area (TPSA) is 75.4 Å². The standard InChI is InChI=1S/C16H26N2O2/c1-4-13(7-8-17)5-6-15(19)18-14-10-11(2)9-12(3)16(14)20/h9-10,13,20H,4-8,17H2,1-3H3,(H,18,19). The number of amides is 1. The Balaban J connectivity index is 2.58. The normalized spacial score (nSPS) is 12.2. The van der Waals surface area contributed by atoms with E-state index in [9.17, 15) is 9.90 Å². The SMILES string of the molecule is CCC(CCN)CCC(=O)Nc1cc(C)cc(C)c1O. The van der Waals surface area contributed by atoms with Crippen LogP contribution in [0.25, 0.3) is 0 Å². The van der Waals surface area contributed by atoms with E-state index in [1.165, 1.54) is 0 Å². The summed E-state index contributed by atoms with van der Waals surface area (Å²) in [5, 5.41) is 12.7. The molecule has 112 valence electrons. The van der Waals surface area contributed by atoms with Crippen molar-refractivity contribution >= 4 is 11.6 Å². The molecule has 20 heavy (non-hydrogen) atoms. The Morgan fingerprint density at radius 2 is 2.05 bits per heavy atom. The summed E-state index contributed by atoms with van der Waals surface area (Å²) in [5.41, 5.74) is 7.85. The van der Waals surface area contributed by atoms with Crippen molar-refractivity contribution in [3.05, 3.63) is 23.3 Å². The number of rotatable bonds is 7. The van der Waals surface area contributed by atoms with Crippen molar-refractivity contribution in [3.8, 4) is 5.75 Å². The molecule has 0 spiro atoms. The Labute approximate surface area is 121 Å². The highest BCUT2D eigenvalue weighted by molar-refractivity contribution is 5.92. The zero-order chi connectivity index (χ0) is 15.1. The van der Waals surface area contributed by atoms with Crippen LogP contribution in [-0.2, 0) is 4.79 Å². The van der Waals surface area contributed by atoms with Crippen LogP contribution in [-0.4, -0.2) is 17.6 Å². The highest BCUT2D eigenvalue weighted by Crippen LogP contribution is 2.29. The van der Waals surface area contributed by atoms with Crippen LogP contribution in [0.5, 0.6) is 5.75 Å². The highest BCUT2D eigenvalue weighted by atomic mass is 16.3. The van der Waals surface area contributed by atoms with E-state index in [-0.39, 0.29) is 11.7 Å². The van der Waals surface area contributed by atoms with Gasteiger partial charge in [-0.1, -0.05) is 19.4 Å². The van der Waals surface area contributed by atoms with E-state index in [0.717, 1.165) is 30.4 Å². The molecule has 0 saturated carbocycles. The fourth-order valence-corrected chi connectivity index (χ4v) is 2.39. The van der Waals surface area contributed by atoms with Crippen molar-refractivity contribution in [2.45, 2.75) is 46.5 Å². The molecule has 1 amide bonds. The molecule has 1 atom stereocenters. The number of nitrogens with one attached hydrogen (secondary N) is 1. The lowest BCUT2D eigenvalue weighted by Crippen LogP contribution is -2.15. The van der Waals surface area contributed by atoms with Crippen molar-refractivity contribution in [2.24, 2.45) is 11.7 Å². The van der Waals surface area contributed by atoms with Crippen LogP contribution in [0.4, 0.5) is 5.69 Å². The van der Waals surface area contributed by atoms with E-state index in [1.54, 1.807) is 6.07 Å². The second-order valence-electron chi connectivity index (χ2n) is 5.42. The molecule has 1 aromatic rings. The summed E-state index contributed by atoms with van der Waals surface area (Å²) in [4.78, 5) is 12.0. The van der Waals surface area contributed by atoms with Crippen LogP contribution in [0.15, 0.2) is 12.1 Å². The minimum absolute atomic E-state index is 0.0548. The summed E-state index contributed by atoms with van der Waals surface area (Å²) in [7, 11) is 0. The average molecular weight is 278 g/mol. The molecule has 0 fully saturated rings. The van der Waals surface area contributed by atoms with Gasteiger partial charge in [-0.05, 0) is 56.3 Å². The molecule has 0 radical (unpaired) electrons. The molecule has 0 bridgehead atoms. The first-order chi connectivity index (χ1) is 9.47. The summed E-state index contributed by atoms with van der Waals surface area (Å²) >= 11 is 0. The van der Waals surface area contributed by atoms with Crippen LogP contribution < -0.4 is 11.1 Å². The Kier molecular flexibility index (Phi) is 6.52. The van der Waals surface area contributed by atoms with Crippen molar-refractivity contribution in [1.29, 1.82) is 0 Å². The monoisotopic (exact) mass is 278 g/mol. The maximum atomic E-state index is 12.0. The molecule has 1 aromatic carbocycles. The quantitative estimate of drug-likeness (QED) is 0.671. The smallest absolute Gasteiger partial charge is 0.224 e. The second-order valence-corrected chi connectivity index (χ2v) is 5.42. The molecule has 4 heteroatoms. The lowest BCUT2D eigenvalue weighted by Gasteiger charge is -2.14. The lowest BCUT2D eigenvalue weighted by atomic mass is 9.96. The number of phenolic OH excluding ortho intramolecular Hbond substituents is 1. The third-order valence-corrected chi connectivity index (χ3v) is 3.65. The van der Waals surface area contributed by atoms with Gasteiger partial charge in [0.05, 0.1) is 5.69 Å². The van der Waals surface area contributed by atoms with Gasteiger partial charge in [0.2, 0.25) is 5.91 Å². The Hall–Kier alpha value is -1.55. The number of aromatic hydroxyl groups is 1. The zero-order valence-electron chi connectivity index (χ0n) is 12.7. The van der Waals surface area contributed by atoms with Crippen molar-refractivity contribution < 1.29 is 9.90 Å². The Morgan fingerprint density at radius 1 is 1.35 bits per heavy atom. The van der Waals surface area contributed by atoms with E-state index in [4.69, 9.17) is 5.73 Å². The van der Waals surface area contributed by atoms with E-state index in [2.05, 4.69) is 12.2 Å². The van der Waals surface area contributed by atoms with Gasteiger partial charge in [0.1, 0.15) is 5.75 Å². The summed E-state index contributed by atoms with van der Waals surface area (Å²) in [6, 6.07) is 3.68. The fourth-order valence-electron chi connectivity index (χ4n) is 2.39. The molecular weight excluding hydrogens is 252 g/mol. The van der Waals surface area contributed by atoms with Crippen LogP contribution in [0.1, 0.15) is 43.7 Å². The number of nitrogens with two attached hydrogens (primary N) is 1. The van der Waals surface area contributed by atoms with Crippen LogP contribution in [0.3, 0.4) is 0 Å². The molecule has 1 unspecified atom stereocenters. The van der Waals surface area contributed by atoms with Gasteiger partial charge >= 0.3 is 0 Å². The molecule has 1 rings (SSSR count). The largest absolute Gasteiger partial charge is 0.505 e. The van der Waals surface area contributed by atoms with Gasteiger partial charge in [0, 0.05) is 6.42 Å². The lowest BCUT2D eigenvalue weighted by molar-refractivity contribution is -0.116. The third kappa shape index (κ3) is 4.85. The number of phenols is 1. The fraction of sp³-hybridized carbons (Fsp3) is 0.562. The van der Waals surface area contributed by atoms with Crippen LogP contribution in [0.2, 0.25) is 0 Å². The maximum absolute atomic E-state index is 12.0. The molecule has 4 N–H and O–H groups in total. The van der Waals surface area contributed by atoms with Crippen molar-refractivity contribution in [1.82, 2.24) is 0 Å². The molecule has 0 saturated heterocycles. The number of carbonyl (C=O) groups excluding carboxylic acids is 1. The van der Waals surface area contributed by atoms with Gasteiger partial charge in [0.15, 0.2) is 0 Å². The summed E-state index contributed by atoms with van der Waals surface area (Å²) in [6.45, 7) is 6.55. The molecule has 0 aliphatic carbocycles. The molecule has 0 aliphatic rings. The second kappa shape index (κ2) is 7.90. The van der Waals surface area contributed by atoms with E-state index < -0.39 is 0 Å². The highest BCUT2D eigenvalue weighted by Gasteiger charge is 2.12. The summed E-state index contributed by atoms with van der Waals surface area (Å²) in [5.74, 6) is 0.595. The Bertz CT molecular complexity index is 458. The first kappa shape index (κ1) is 16.5. The van der Waals surface area contributed by atoms with Gasteiger partial charge in [0.25, 0.3) is 0 Å². The minimum Gasteiger partial charge on any atom is -0.505 e. The summed E-state index contributed by atoms with van der Waals surface area (Å²) < 4.78 is 0. The van der Waals surface area contributed by atoms with Crippen LogP contribution >= 0.6 is 0 Å². The first-order valence-corrected chi connectivity index (χ1v) is 7.28. The molecular formula is C16H26N2O2. The summed E-state index contributed by atoms with van der Waals surface area (Å²) in [6.07, 6.45) is 3.30. The molecule has 0 heterocycles. The molecule has 4 nitrogen and oxygen atoms in total. The maximum Gasteiger partial charge on any atom is 0.224 e. The minimum atomic E-state index is -0.0548. The average Bonchev–Trinajstić information content (AvgIpc) is 2.40. The van der Waals surface area contributed by atoms with Crippen molar-refractivity contribution in [3.63, 3.8) is 0 Å². The Morgan fingerprint density at radius 3 is 2.65 bits per heavy atom. The number of hydrogen-bond acceptors (Lipinski definition) is 3. The molecule has 0 aromatic heterocycles. The van der Waals surface area contributed by atoms with Gasteiger partial charge in [-0.15, -0.1) is 0 Å². The van der Waals surface area contributed by atoms with E-state index >= 15 is 0 Å². The van der Waals surface area contributed by atoms with E-state index in [1.807, 2.05) is 19.9 Å². The van der Waals surface area contributed by atoms with E-state index in [0.29, 0.717) is 24.6 Å². The predicted molar refractivity (Wildman–Crippen MR) is 82.9 cm³/mol. The number of anilines is 1. The van der Waals surface area contributed by atoms with Gasteiger partial charge in [-0.3, -0.25) is 4.79 Å². The first-order valence-electron chi connectivity index (χ1n) is 7.28. The van der Waals surface area contributed by atoms with Crippen LogP contribution in [0, 0.1) is 19.8 Å². The third-order valence-electron chi connectivity index (χ3n) is 3.65. The zero-order valence-corrected chi connectivity index (χ0v) is 12.7. The number of benzene rings is 1. The molecule has 0 aliphatic heterocycles. The predicted octanol–water partition coefficient (Wildman–Crippen LogP) is 3.10. The number of carbonyl (C=O) groups is 1. The van der Waals surface area contributed by atoms with Gasteiger partial charge < -0.3 is 16.2 Å².